The quantitative estimate of drug-likeness (QED) is 0.688. The second kappa shape index (κ2) is 8.70. The van der Waals surface area contributed by atoms with E-state index in [0.717, 1.165) is 73.5 Å². The number of benzene rings is 2. The molecular weight excluding hydrogens is 360 g/mol. The zero-order chi connectivity index (χ0) is 18.5. The van der Waals surface area contributed by atoms with Gasteiger partial charge in [0.2, 0.25) is 5.36 Å². The number of halogens is 1. The number of fused-ring (bicyclic) bond motifs is 1. The molecule has 0 amide bonds. The number of hydrogen-bond acceptors (Lipinski definition) is 3. The minimum atomic E-state index is 0.710. The monoisotopic (exact) mass is 383 g/mol. The Bertz CT molecular complexity index is 963. The molecule has 3 aromatic rings. The molecule has 5 heteroatoms. The van der Waals surface area contributed by atoms with Gasteiger partial charge in [0.05, 0.1) is 24.7 Å². The second-order valence-corrected chi connectivity index (χ2v) is 7.20. The Morgan fingerprint density at radius 2 is 1.81 bits per heavy atom. The van der Waals surface area contributed by atoms with E-state index in [4.69, 9.17) is 20.8 Å². The van der Waals surface area contributed by atoms with Gasteiger partial charge in [0, 0.05) is 36.6 Å². The first-order valence-electron chi connectivity index (χ1n) is 9.45. The zero-order valence-electron chi connectivity index (χ0n) is 15.3. The SMILES string of the molecule is Clc1ccc2oc(-c3ccccc3)cc(=[NH+]CCCN3CCOCC3)c2c1. The molecule has 4 nitrogen and oxygen atoms in total. The van der Waals surface area contributed by atoms with Gasteiger partial charge < -0.3 is 9.15 Å². The van der Waals surface area contributed by atoms with Crippen molar-refractivity contribution in [1.82, 2.24) is 4.90 Å². The van der Waals surface area contributed by atoms with Crippen LogP contribution in [0.4, 0.5) is 0 Å². The average Bonchev–Trinajstić information content (AvgIpc) is 2.72. The Hall–Kier alpha value is -2.14. The molecule has 2 heterocycles. The number of morpholine rings is 1. The normalized spacial score (nSPS) is 16.1. The van der Waals surface area contributed by atoms with Gasteiger partial charge in [0.25, 0.3) is 0 Å². The molecule has 1 aliphatic rings. The van der Waals surface area contributed by atoms with Gasteiger partial charge in [-0.25, -0.2) is 4.99 Å². The molecule has 1 fully saturated rings. The molecular formula is C22H24ClN2O2+. The lowest BCUT2D eigenvalue weighted by Crippen LogP contribution is -2.77. The van der Waals surface area contributed by atoms with Crippen molar-refractivity contribution < 1.29 is 14.1 Å². The van der Waals surface area contributed by atoms with E-state index in [1.165, 1.54) is 0 Å². The minimum Gasteiger partial charge on any atom is -0.456 e. The van der Waals surface area contributed by atoms with Crippen LogP contribution in [-0.2, 0) is 4.74 Å². The zero-order valence-corrected chi connectivity index (χ0v) is 16.0. The molecule has 0 bridgehead atoms. The van der Waals surface area contributed by atoms with Gasteiger partial charge >= 0.3 is 0 Å². The Balaban J connectivity index is 1.61. The fourth-order valence-electron chi connectivity index (χ4n) is 3.40. The van der Waals surface area contributed by atoms with Crippen molar-refractivity contribution in [2.45, 2.75) is 6.42 Å². The van der Waals surface area contributed by atoms with Crippen molar-refractivity contribution in [2.75, 3.05) is 39.4 Å². The number of rotatable bonds is 5. The summed E-state index contributed by atoms with van der Waals surface area (Å²) in [7, 11) is 0. The molecule has 2 aromatic carbocycles. The molecule has 1 aliphatic heterocycles. The van der Waals surface area contributed by atoms with E-state index >= 15 is 0 Å². The molecule has 0 radical (unpaired) electrons. The van der Waals surface area contributed by atoms with Crippen LogP contribution in [0.5, 0.6) is 0 Å². The van der Waals surface area contributed by atoms with Crippen LogP contribution < -0.4 is 10.3 Å². The third kappa shape index (κ3) is 4.59. The summed E-state index contributed by atoms with van der Waals surface area (Å²) >= 11 is 6.22. The van der Waals surface area contributed by atoms with Crippen molar-refractivity contribution in [1.29, 1.82) is 0 Å². The highest BCUT2D eigenvalue weighted by Crippen LogP contribution is 2.23. The first-order valence-corrected chi connectivity index (χ1v) is 9.83. The smallest absolute Gasteiger partial charge is 0.213 e. The van der Waals surface area contributed by atoms with Gasteiger partial charge in [-0.2, -0.15) is 0 Å². The summed E-state index contributed by atoms with van der Waals surface area (Å²) in [5.74, 6) is 0.848. The lowest BCUT2D eigenvalue weighted by atomic mass is 10.1. The number of nitrogens with one attached hydrogen (secondary N) is 1. The van der Waals surface area contributed by atoms with Crippen molar-refractivity contribution in [2.24, 2.45) is 0 Å². The molecule has 140 valence electrons. The van der Waals surface area contributed by atoms with Gasteiger partial charge in [-0.3, -0.25) is 4.90 Å². The molecule has 1 saturated heterocycles. The van der Waals surface area contributed by atoms with Gasteiger partial charge in [-0.15, -0.1) is 0 Å². The predicted molar refractivity (Wildman–Crippen MR) is 108 cm³/mol. The standard InChI is InChI=1S/C22H23ClN2O2/c23-18-7-8-21-19(15-18)20(16-22(27-21)17-5-2-1-3-6-17)24-9-4-10-25-11-13-26-14-12-25/h1-3,5-8,15-16H,4,9-14H2/p+1. The van der Waals surface area contributed by atoms with Crippen molar-refractivity contribution >= 4 is 22.6 Å². The maximum Gasteiger partial charge on any atom is 0.213 e. The van der Waals surface area contributed by atoms with Gasteiger partial charge in [-0.05, 0) is 18.2 Å². The summed E-state index contributed by atoms with van der Waals surface area (Å²) in [6.07, 6.45) is 1.08. The van der Waals surface area contributed by atoms with Crippen LogP contribution in [0, 0.1) is 0 Å². The van der Waals surface area contributed by atoms with Crippen LogP contribution in [0.25, 0.3) is 22.3 Å². The Labute approximate surface area is 164 Å². The Kier molecular flexibility index (Phi) is 5.87. The van der Waals surface area contributed by atoms with Crippen molar-refractivity contribution in [3.05, 3.63) is 65.0 Å². The molecule has 0 spiro atoms. The maximum atomic E-state index is 6.22. The molecule has 27 heavy (non-hydrogen) atoms. The van der Waals surface area contributed by atoms with Crippen LogP contribution in [0.3, 0.4) is 0 Å². The summed E-state index contributed by atoms with van der Waals surface area (Å²) in [4.78, 5) is 6.04. The molecule has 0 atom stereocenters. The number of hydrogen-bond donors (Lipinski definition) is 1. The molecule has 0 aliphatic carbocycles. The summed E-state index contributed by atoms with van der Waals surface area (Å²) in [6.45, 7) is 5.73. The van der Waals surface area contributed by atoms with Crippen molar-refractivity contribution in [3.8, 4) is 11.3 Å². The third-order valence-corrected chi connectivity index (χ3v) is 5.09. The third-order valence-electron chi connectivity index (χ3n) is 4.86. The van der Waals surface area contributed by atoms with E-state index in [-0.39, 0.29) is 0 Å². The van der Waals surface area contributed by atoms with Crippen molar-refractivity contribution in [3.63, 3.8) is 0 Å². The van der Waals surface area contributed by atoms with Crippen LogP contribution in [0.1, 0.15) is 6.42 Å². The van der Waals surface area contributed by atoms with Gasteiger partial charge in [0.15, 0.2) is 0 Å². The van der Waals surface area contributed by atoms with E-state index < -0.39 is 0 Å². The van der Waals surface area contributed by atoms with E-state index in [0.29, 0.717) is 5.02 Å². The van der Waals surface area contributed by atoms with Gasteiger partial charge in [-0.1, -0.05) is 41.9 Å². The predicted octanol–water partition coefficient (Wildman–Crippen LogP) is 2.46. The Morgan fingerprint density at radius 3 is 2.63 bits per heavy atom. The summed E-state index contributed by atoms with van der Waals surface area (Å²) in [5, 5.41) is 2.77. The molecule has 4 rings (SSSR count). The van der Waals surface area contributed by atoms with E-state index in [1.54, 1.807) is 0 Å². The first kappa shape index (κ1) is 18.2. The van der Waals surface area contributed by atoms with Gasteiger partial charge in [0.1, 0.15) is 17.9 Å². The van der Waals surface area contributed by atoms with Crippen LogP contribution >= 0.6 is 11.6 Å². The highest BCUT2D eigenvalue weighted by atomic mass is 35.5. The molecule has 1 N–H and O–H groups in total. The molecule has 0 unspecified atom stereocenters. The minimum absolute atomic E-state index is 0.710. The fraction of sp³-hybridized carbons (Fsp3) is 0.318. The maximum absolute atomic E-state index is 6.22. The fourth-order valence-corrected chi connectivity index (χ4v) is 3.57. The molecule has 1 aromatic heterocycles. The summed E-state index contributed by atoms with van der Waals surface area (Å²) in [5.41, 5.74) is 1.89. The van der Waals surface area contributed by atoms with Crippen LogP contribution in [-0.4, -0.2) is 44.3 Å². The summed E-state index contributed by atoms with van der Waals surface area (Å²) in [6, 6.07) is 18.0. The largest absolute Gasteiger partial charge is 0.456 e. The van der Waals surface area contributed by atoms with E-state index in [1.807, 2.05) is 36.4 Å². The van der Waals surface area contributed by atoms with Crippen LogP contribution in [0.2, 0.25) is 5.02 Å². The second-order valence-electron chi connectivity index (χ2n) is 6.77. The lowest BCUT2D eigenvalue weighted by Gasteiger charge is -2.25. The molecule has 0 saturated carbocycles. The lowest BCUT2D eigenvalue weighted by molar-refractivity contribution is -0.499. The topological polar surface area (TPSA) is 39.6 Å². The highest BCUT2D eigenvalue weighted by molar-refractivity contribution is 6.31. The van der Waals surface area contributed by atoms with Crippen LogP contribution in [0.15, 0.2) is 59.0 Å². The van der Waals surface area contributed by atoms with E-state index in [2.05, 4.69) is 28.1 Å². The summed E-state index contributed by atoms with van der Waals surface area (Å²) < 4.78 is 11.5. The Morgan fingerprint density at radius 1 is 1.00 bits per heavy atom. The average molecular weight is 384 g/mol. The number of ether oxygens (including phenoxy) is 1. The van der Waals surface area contributed by atoms with E-state index in [9.17, 15) is 0 Å². The highest BCUT2D eigenvalue weighted by Gasteiger charge is 2.11. The number of nitrogens with zero attached hydrogens (tertiary/aromatic N) is 1. The first-order chi connectivity index (χ1) is 13.3.